The van der Waals surface area contributed by atoms with Crippen LogP contribution in [0, 0.1) is 0 Å². The first kappa shape index (κ1) is 82.6. The van der Waals surface area contributed by atoms with E-state index in [0.717, 1.165) is 44.9 Å². The van der Waals surface area contributed by atoms with Crippen molar-refractivity contribution in [2.75, 3.05) is 13.2 Å². The summed E-state index contributed by atoms with van der Waals surface area (Å²) in [4.78, 5) is 24.6. The summed E-state index contributed by atoms with van der Waals surface area (Å²) in [5.74, 6) is -0.0117. The van der Waals surface area contributed by atoms with Gasteiger partial charge in [-0.25, -0.2) is 0 Å². The number of unbranched alkanes of at least 4 members (excludes halogenated alkanes) is 61. The molecule has 0 aromatic heterocycles. The van der Waals surface area contributed by atoms with Crippen LogP contribution >= 0.6 is 0 Å². The highest BCUT2D eigenvalue weighted by molar-refractivity contribution is 5.76. The fourth-order valence-corrected chi connectivity index (χ4v) is 12.6. The highest BCUT2D eigenvalue weighted by atomic mass is 16.5. The zero-order valence-electron chi connectivity index (χ0n) is 57.4. The summed E-state index contributed by atoms with van der Waals surface area (Å²) in [6.45, 7) is 4.99. The Balaban J connectivity index is 3.33. The van der Waals surface area contributed by atoms with Crippen LogP contribution in [0.3, 0.4) is 0 Å². The van der Waals surface area contributed by atoms with Crippen molar-refractivity contribution in [3.63, 3.8) is 0 Å². The van der Waals surface area contributed by atoms with E-state index in [2.05, 4.69) is 31.3 Å². The number of carbonyl (C=O) groups excluding carboxylic acids is 2. The molecule has 0 aromatic carbocycles. The zero-order chi connectivity index (χ0) is 60.6. The molecule has 0 bridgehead atoms. The van der Waals surface area contributed by atoms with Crippen LogP contribution in [0.2, 0.25) is 0 Å². The second-order valence-corrected chi connectivity index (χ2v) is 27.0. The topological polar surface area (TPSA) is 95.9 Å². The van der Waals surface area contributed by atoms with Crippen molar-refractivity contribution in [2.24, 2.45) is 0 Å². The maximum Gasteiger partial charge on any atom is 0.305 e. The summed E-state index contributed by atoms with van der Waals surface area (Å²) in [7, 11) is 0. The van der Waals surface area contributed by atoms with Crippen molar-refractivity contribution in [3.8, 4) is 0 Å². The van der Waals surface area contributed by atoms with Gasteiger partial charge in [0, 0.05) is 12.8 Å². The second-order valence-electron chi connectivity index (χ2n) is 27.0. The van der Waals surface area contributed by atoms with Gasteiger partial charge in [-0.2, -0.15) is 0 Å². The summed E-state index contributed by atoms with van der Waals surface area (Å²) in [5.41, 5.74) is 0. The second kappa shape index (κ2) is 74.1. The number of hydrogen-bond donors (Lipinski definition) is 3. The summed E-state index contributed by atoms with van der Waals surface area (Å²) in [6.07, 6.45) is 93.0. The lowest BCUT2D eigenvalue weighted by Gasteiger charge is -2.22. The van der Waals surface area contributed by atoms with Gasteiger partial charge in [-0.3, -0.25) is 9.59 Å². The monoisotopic (exact) mass is 1180 g/mol. The molecule has 0 aliphatic rings. The lowest BCUT2D eigenvalue weighted by atomic mass is 10.0. The van der Waals surface area contributed by atoms with Gasteiger partial charge in [-0.15, -0.1) is 0 Å². The van der Waals surface area contributed by atoms with Crippen molar-refractivity contribution in [1.29, 1.82) is 0 Å². The van der Waals surface area contributed by atoms with Crippen LogP contribution in [0.25, 0.3) is 0 Å². The predicted molar refractivity (Wildman–Crippen MR) is 370 cm³/mol. The Kier molecular flexibility index (Phi) is 72.8. The normalized spacial score (nSPS) is 12.5. The third kappa shape index (κ3) is 69.7. The zero-order valence-corrected chi connectivity index (χ0v) is 57.4. The highest BCUT2D eigenvalue weighted by Gasteiger charge is 2.20. The van der Waals surface area contributed by atoms with E-state index in [-0.39, 0.29) is 18.5 Å². The fourth-order valence-electron chi connectivity index (χ4n) is 12.6. The summed E-state index contributed by atoms with van der Waals surface area (Å²) < 4.78 is 5.49. The molecule has 6 nitrogen and oxygen atoms in total. The highest BCUT2D eigenvalue weighted by Crippen LogP contribution is 2.20. The molecule has 0 radical (unpaired) electrons. The van der Waals surface area contributed by atoms with Gasteiger partial charge in [0.15, 0.2) is 0 Å². The van der Waals surface area contributed by atoms with Gasteiger partial charge in [0.1, 0.15) is 0 Å². The van der Waals surface area contributed by atoms with Crippen LogP contribution in [-0.4, -0.2) is 47.4 Å². The average Bonchev–Trinajstić information content (AvgIpc) is 3.51. The van der Waals surface area contributed by atoms with Crippen molar-refractivity contribution < 1.29 is 24.5 Å². The molecule has 0 saturated heterocycles. The number of aliphatic hydroxyl groups is 2. The number of nitrogens with one attached hydrogen (secondary N) is 1. The molecule has 500 valence electrons. The van der Waals surface area contributed by atoms with Gasteiger partial charge < -0.3 is 20.3 Å². The van der Waals surface area contributed by atoms with Gasteiger partial charge in [-0.05, 0) is 51.4 Å². The van der Waals surface area contributed by atoms with E-state index in [4.69, 9.17) is 4.74 Å². The van der Waals surface area contributed by atoms with Crippen LogP contribution in [-0.2, 0) is 14.3 Å². The Morgan fingerprint density at radius 3 is 0.857 bits per heavy atom. The molecule has 0 aliphatic heterocycles. The van der Waals surface area contributed by atoms with Crippen molar-refractivity contribution >= 4 is 11.9 Å². The smallest absolute Gasteiger partial charge is 0.305 e. The van der Waals surface area contributed by atoms with Gasteiger partial charge in [-0.1, -0.05) is 398 Å². The number of allylic oxidation sites excluding steroid dienone is 2. The standard InChI is InChI=1S/C78H153NO5/c1-3-5-7-9-11-13-15-17-18-19-20-21-34-37-40-43-47-50-54-58-62-66-70-76(81)75(74-80)79-77(82)71-67-63-59-55-51-48-44-41-38-35-32-30-28-26-24-22-23-25-27-29-31-33-36-39-42-45-49-53-57-61-65-69-73-84-78(83)72-68-64-60-56-52-46-16-14-12-10-8-6-4-2/h14,16,75-76,80-81H,3-13,15,17-74H2,1-2H3,(H,79,82)/b16-14-. The number of rotatable bonds is 74. The summed E-state index contributed by atoms with van der Waals surface area (Å²) in [6, 6.07) is -0.538. The van der Waals surface area contributed by atoms with Gasteiger partial charge in [0.05, 0.1) is 25.4 Å². The number of hydrogen-bond acceptors (Lipinski definition) is 5. The fraction of sp³-hybridized carbons (Fsp3) is 0.949. The van der Waals surface area contributed by atoms with Crippen molar-refractivity contribution in [1.82, 2.24) is 5.32 Å². The quantitative estimate of drug-likeness (QED) is 0.0320. The molecule has 0 saturated carbocycles. The van der Waals surface area contributed by atoms with Crippen molar-refractivity contribution in [3.05, 3.63) is 12.2 Å². The van der Waals surface area contributed by atoms with Crippen LogP contribution in [0.1, 0.15) is 450 Å². The van der Waals surface area contributed by atoms with Crippen LogP contribution in [0.4, 0.5) is 0 Å². The molecule has 0 rings (SSSR count). The molecule has 0 heterocycles. The third-order valence-corrected chi connectivity index (χ3v) is 18.6. The molecule has 0 aromatic rings. The average molecular weight is 1190 g/mol. The van der Waals surface area contributed by atoms with Crippen LogP contribution in [0.15, 0.2) is 12.2 Å². The van der Waals surface area contributed by atoms with Gasteiger partial charge in [0.2, 0.25) is 5.91 Å². The van der Waals surface area contributed by atoms with Crippen LogP contribution < -0.4 is 5.32 Å². The van der Waals surface area contributed by atoms with E-state index in [9.17, 15) is 19.8 Å². The minimum Gasteiger partial charge on any atom is -0.466 e. The Labute approximate surface area is 527 Å². The molecule has 0 fully saturated rings. The predicted octanol–water partition coefficient (Wildman–Crippen LogP) is 25.5. The van der Waals surface area contributed by atoms with E-state index >= 15 is 0 Å². The minimum absolute atomic E-state index is 0.0130. The molecule has 0 aliphatic carbocycles. The molecule has 84 heavy (non-hydrogen) atoms. The third-order valence-electron chi connectivity index (χ3n) is 18.6. The Bertz CT molecular complexity index is 1270. The first-order valence-corrected chi connectivity index (χ1v) is 38.9. The molecule has 1 amide bonds. The molecule has 2 unspecified atom stereocenters. The molecule has 3 N–H and O–H groups in total. The molecular formula is C78H153NO5. The minimum atomic E-state index is -0.662. The van der Waals surface area contributed by atoms with Gasteiger partial charge in [0.25, 0.3) is 0 Å². The van der Waals surface area contributed by atoms with E-state index in [1.165, 1.54) is 372 Å². The number of carbonyl (C=O) groups is 2. The van der Waals surface area contributed by atoms with E-state index in [1.807, 2.05) is 0 Å². The first-order chi connectivity index (χ1) is 41.5. The lowest BCUT2D eigenvalue weighted by Crippen LogP contribution is -2.45. The van der Waals surface area contributed by atoms with Gasteiger partial charge >= 0.3 is 5.97 Å². The van der Waals surface area contributed by atoms with E-state index < -0.39 is 12.1 Å². The van der Waals surface area contributed by atoms with Crippen molar-refractivity contribution in [2.45, 2.75) is 463 Å². The number of ether oxygens (including phenoxy) is 1. The van der Waals surface area contributed by atoms with E-state index in [1.54, 1.807) is 0 Å². The lowest BCUT2D eigenvalue weighted by molar-refractivity contribution is -0.143. The SMILES string of the molecule is CCCCCC/C=C\CCCCCCCC(=O)OCCCCCCCCCCCCCCCCCCCCCCCCCCCCCCCCCCC(=O)NC(CO)C(O)CCCCCCCCCCCCCCCCCCCCCCCC. The van der Waals surface area contributed by atoms with E-state index in [0.29, 0.717) is 25.9 Å². The maximum atomic E-state index is 12.6. The molecule has 2 atom stereocenters. The summed E-state index contributed by atoms with van der Waals surface area (Å²) in [5, 5.41) is 23.5. The Morgan fingerprint density at radius 1 is 0.321 bits per heavy atom. The Morgan fingerprint density at radius 2 is 0.560 bits per heavy atom. The molecular weight excluding hydrogens is 1030 g/mol. The number of esters is 1. The van der Waals surface area contributed by atoms with Crippen LogP contribution in [0.5, 0.6) is 0 Å². The number of aliphatic hydroxyl groups excluding tert-OH is 2. The number of amides is 1. The first-order valence-electron chi connectivity index (χ1n) is 38.9. The summed E-state index contributed by atoms with van der Waals surface area (Å²) >= 11 is 0. The maximum absolute atomic E-state index is 12.6. The molecule has 6 heteroatoms. The largest absolute Gasteiger partial charge is 0.466 e. The Hall–Kier alpha value is -1.40. The molecule has 0 spiro atoms.